The van der Waals surface area contributed by atoms with Gasteiger partial charge in [0.2, 0.25) is 5.43 Å². The third kappa shape index (κ3) is 4.76. The van der Waals surface area contributed by atoms with E-state index in [0.717, 1.165) is 15.8 Å². The molecule has 138 valence electrons. The molecule has 3 aromatic rings. The number of carbonyl (C=O) groups excluding carboxylic acids is 1. The summed E-state index contributed by atoms with van der Waals surface area (Å²) in [6, 6.07) is 20.5. The van der Waals surface area contributed by atoms with E-state index in [1.165, 1.54) is 12.3 Å². The highest BCUT2D eigenvalue weighted by Crippen LogP contribution is 2.14. The summed E-state index contributed by atoms with van der Waals surface area (Å²) in [4.78, 5) is 24.8. The molecule has 2 aromatic carbocycles. The molecule has 0 fully saturated rings. The Morgan fingerprint density at radius 3 is 2.26 bits per heavy atom. The van der Waals surface area contributed by atoms with Gasteiger partial charge in [0, 0.05) is 18.8 Å². The van der Waals surface area contributed by atoms with Crippen LogP contribution in [0.1, 0.15) is 21.6 Å². The van der Waals surface area contributed by atoms with Crippen molar-refractivity contribution in [2.24, 2.45) is 0 Å². The van der Waals surface area contributed by atoms with Crippen molar-refractivity contribution in [1.29, 1.82) is 0 Å². The molecule has 0 spiro atoms. The summed E-state index contributed by atoms with van der Waals surface area (Å²) in [7, 11) is 0. The molecule has 1 amide bonds. The number of ether oxygens (including phenoxy) is 1. The lowest BCUT2D eigenvalue weighted by atomic mass is 10.1. The van der Waals surface area contributed by atoms with Gasteiger partial charge in [-0.2, -0.15) is 0 Å². The maximum atomic E-state index is 12.6. The Kier molecular flexibility index (Phi) is 5.89. The molecule has 0 radical (unpaired) electrons. The van der Waals surface area contributed by atoms with Gasteiger partial charge in [-0.15, -0.1) is 0 Å². The minimum atomic E-state index is -0.450. The first-order chi connectivity index (χ1) is 13.1. The van der Waals surface area contributed by atoms with Crippen LogP contribution >= 0.6 is 0 Å². The summed E-state index contributed by atoms with van der Waals surface area (Å²) < 4.78 is 6.76. The second-order valence-electron chi connectivity index (χ2n) is 6.03. The second-order valence-corrected chi connectivity index (χ2v) is 6.03. The Morgan fingerprint density at radius 1 is 0.963 bits per heavy atom. The van der Waals surface area contributed by atoms with Gasteiger partial charge >= 0.3 is 0 Å². The highest BCUT2D eigenvalue weighted by molar-refractivity contribution is 5.95. The Bertz CT molecular complexity index is 953. The predicted molar refractivity (Wildman–Crippen MR) is 104 cm³/mol. The first-order valence-corrected chi connectivity index (χ1v) is 8.65. The fourth-order valence-corrected chi connectivity index (χ4v) is 2.67. The summed E-state index contributed by atoms with van der Waals surface area (Å²) in [5, 5.41) is 2.80. The molecule has 0 aliphatic heterocycles. The van der Waals surface area contributed by atoms with E-state index in [0.29, 0.717) is 13.0 Å². The van der Waals surface area contributed by atoms with Crippen LogP contribution in [0.15, 0.2) is 77.7 Å². The minimum absolute atomic E-state index is 0.00601. The van der Waals surface area contributed by atoms with Gasteiger partial charge in [0.05, 0.1) is 0 Å². The van der Waals surface area contributed by atoms with Crippen LogP contribution in [0.5, 0.6) is 5.75 Å². The fraction of sp³-hybridized carbons (Fsp3) is 0.143. The van der Waals surface area contributed by atoms with Crippen molar-refractivity contribution in [1.82, 2.24) is 9.99 Å². The Labute approximate surface area is 157 Å². The van der Waals surface area contributed by atoms with Crippen molar-refractivity contribution >= 4 is 5.91 Å². The molecule has 0 unspecified atom stereocenters. The summed E-state index contributed by atoms with van der Waals surface area (Å²) in [5.74, 6) is 5.38. The van der Waals surface area contributed by atoms with E-state index in [2.05, 4.69) is 5.32 Å². The van der Waals surface area contributed by atoms with Gasteiger partial charge in [-0.05, 0) is 17.5 Å². The van der Waals surface area contributed by atoms with E-state index >= 15 is 0 Å². The number of rotatable bonds is 7. The number of carbonyl (C=O) groups is 1. The van der Waals surface area contributed by atoms with Crippen LogP contribution in [0.3, 0.4) is 0 Å². The maximum absolute atomic E-state index is 12.6. The Hall–Kier alpha value is -3.54. The zero-order chi connectivity index (χ0) is 19.1. The molecule has 0 saturated heterocycles. The lowest BCUT2D eigenvalue weighted by molar-refractivity contribution is 0.0940. The van der Waals surface area contributed by atoms with Gasteiger partial charge in [-0.3, -0.25) is 14.3 Å². The van der Waals surface area contributed by atoms with Crippen molar-refractivity contribution in [3.05, 3.63) is 100.0 Å². The van der Waals surface area contributed by atoms with E-state index < -0.39 is 5.91 Å². The molecule has 6 heteroatoms. The molecular weight excluding hydrogens is 342 g/mol. The smallest absolute Gasteiger partial charge is 0.273 e. The monoisotopic (exact) mass is 363 g/mol. The standard InChI is InChI=1S/C21H21N3O3/c22-24-14-12-18(25)20(27-15-17-9-5-2-6-10-17)19(24)21(26)23-13-11-16-7-3-1-4-8-16/h1-10,12,14H,11,13,15,22H2,(H,23,26). The van der Waals surface area contributed by atoms with Gasteiger partial charge in [0.1, 0.15) is 6.61 Å². The lowest BCUT2D eigenvalue weighted by Crippen LogP contribution is -2.33. The SMILES string of the molecule is Nn1ccc(=O)c(OCc2ccccc2)c1C(=O)NCCc1ccccc1. The summed E-state index contributed by atoms with van der Waals surface area (Å²) in [6.07, 6.45) is 2.03. The number of nitrogens with two attached hydrogens (primary N) is 1. The number of benzene rings is 2. The van der Waals surface area contributed by atoms with Crippen LogP contribution in [-0.2, 0) is 13.0 Å². The van der Waals surface area contributed by atoms with E-state index in [-0.39, 0.29) is 23.5 Å². The quantitative estimate of drug-likeness (QED) is 0.630. The predicted octanol–water partition coefficient (Wildman–Crippen LogP) is 2.11. The van der Waals surface area contributed by atoms with Crippen LogP contribution in [-0.4, -0.2) is 17.1 Å². The van der Waals surface area contributed by atoms with Gasteiger partial charge in [-0.1, -0.05) is 60.7 Å². The second kappa shape index (κ2) is 8.71. The average Bonchev–Trinajstić information content (AvgIpc) is 2.70. The molecule has 0 saturated carbocycles. The third-order valence-corrected chi connectivity index (χ3v) is 4.07. The molecule has 0 bridgehead atoms. The molecule has 27 heavy (non-hydrogen) atoms. The molecular formula is C21H21N3O3. The number of hydrogen-bond donors (Lipinski definition) is 2. The molecule has 0 atom stereocenters. The first kappa shape index (κ1) is 18.3. The normalized spacial score (nSPS) is 10.4. The van der Waals surface area contributed by atoms with Crippen LogP contribution in [0.2, 0.25) is 0 Å². The molecule has 1 heterocycles. The van der Waals surface area contributed by atoms with Gasteiger partial charge in [-0.25, -0.2) is 0 Å². The zero-order valence-electron chi connectivity index (χ0n) is 14.8. The van der Waals surface area contributed by atoms with E-state index in [1.807, 2.05) is 60.7 Å². The van der Waals surface area contributed by atoms with Gasteiger partial charge in [0.25, 0.3) is 5.91 Å². The highest BCUT2D eigenvalue weighted by Gasteiger charge is 2.19. The number of pyridine rings is 1. The number of nitrogens with one attached hydrogen (secondary N) is 1. The number of amides is 1. The summed E-state index contributed by atoms with van der Waals surface area (Å²) in [6.45, 7) is 0.592. The van der Waals surface area contributed by atoms with Crippen molar-refractivity contribution in [2.45, 2.75) is 13.0 Å². The minimum Gasteiger partial charge on any atom is -0.482 e. The van der Waals surface area contributed by atoms with Gasteiger partial charge < -0.3 is 15.9 Å². The van der Waals surface area contributed by atoms with Crippen molar-refractivity contribution in [2.75, 3.05) is 12.4 Å². The molecule has 0 aliphatic carbocycles. The molecule has 1 aromatic heterocycles. The summed E-state index contributed by atoms with van der Waals surface area (Å²) in [5.41, 5.74) is 1.61. The van der Waals surface area contributed by atoms with Crippen LogP contribution < -0.4 is 21.3 Å². The molecule has 3 N–H and O–H groups in total. The highest BCUT2D eigenvalue weighted by atomic mass is 16.5. The summed E-state index contributed by atoms with van der Waals surface area (Å²) >= 11 is 0. The number of aromatic nitrogens is 1. The fourth-order valence-electron chi connectivity index (χ4n) is 2.67. The van der Waals surface area contributed by atoms with Crippen LogP contribution in [0.25, 0.3) is 0 Å². The molecule has 0 aliphatic rings. The lowest BCUT2D eigenvalue weighted by Gasteiger charge is -2.14. The van der Waals surface area contributed by atoms with Crippen molar-refractivity contribution in [3.8, 4) is 5.75 Å². The van der Waals surface area contributed by atoms with E-state index in [9.17, 15) is 9.59 Å². The van der Waals surface area contributed by atoms with Crippen molar-refractivity contribution < 1.29 is 9.53 Å². The van der Waals surface area contributed by atoms with E-state index in [4.69, 9.17) is 10.6 Å². The topological polar surface area (TPSA) is 86.3 Å². The number of nitrogen functional groups attached to an aromatic ring is 1. The zero-order valence-corrected chi connectivity index (χ0v) is 14.8. The van der Waals surface area contributed by atoms with Crippen LogP contribution in [0.4, 0.5) is 0 Å². The van der Waals surface area contributed by atoms with Gasteiger partial charge in [0.15, 0.2) is 11.4 Å². The Balaban J connectivity index is 1.72. The van der Waals surface area contributed by atoms with Crippen molar-refractivity contribution in [3.63, 3.8) is 0 Å². The van der Waals surface area contributed by atoms with E-state index in [1.54, 1.807) is 0 Å². The first-order valence-electron chi connectivity index (χ1n) is 8.65. The maximum Gasteiger partial charge on any atom is 0.273 e. The molecule has 3 rings (SSSR count). The average molecular weight is 363 g/mol. The Morgan fingerprint density at radius 2 is 1.59 bits per heavy atom. The largest absolute Gasteiger partial charge is 0.482 e. The molecule has 6 nitrogen and oxygen atoms in total. The van der Waals surface area contributed by atoms with Crippen LogP contribution in [0, 0.1) is 0 Å². The number of nitrogens with zero attached hydrogens (tertiary/aromatic N) is 1. The number of hydrogen-bond acceptors (Lipinski definition) is 4. The third-order valence-electron chi connectivity index (χ3n) is 4.07.